The van der Waals surface area contributed by atoms with Crippen LogP contribution in [0.15, 0.2) is 0 Å². The number of alkyl carbamates (subject to hydrolysis) is 1. The number of carbonyl (C=O) groups is 2. The summed E-state index contributed by atoms with van der Waals surface area (Å²) in [5.74, 6) is 0.531. The average molecular weight is 367 g/mol. The van der Waals surface area contributed by atoms with Gasteiger partial charge in [0.2, 0.25) is 0 Å². The number of anilines is 1. The van der Waals surface area contributed by atoms with Crippen LogP contribution < -0.4 is 10.2 Å². The number of esters is 1. The number of fused-ring (bicyclic) bond motifs is 1. The van der Waals surface area contributed by atoms with Gasteiger partial charge < -0.3 is 19.7 Å². The topological polar surface area (TPSA) is 80.8 Å². The van der Waals surface area contributed by atoms with Crippen molar-refractivity contribution in [1.29, 1.82) is 0 Å². The summed E-state index contributed by atoms with van der Waals surface area (Å²) in [6.07, 6.45) is -0.354. The molecule has 0 radical (unpaired) electrons. The number of hydrogen-bond donors (Lipinski definition) is 1. The predicted molar refractivity (Wildman–Crippen MR) is 95.2 cm³/mol. The van der Waals surface area contributed by atoms with E-state index in [1.807, 2.05) is 27.7 Å². The van der Waals surface area contributed by atoms with Gasteiger partial charge in [-0.3, -0.25) is 0 Å². The number of hydrogen-bond acceptors (Lipinski definition) is 7. The van der Waals surface area contributed by atoms with Gasteiger partial charge in [0, 0.05) is 31.0 Å². The first-order valence-corrected chi connectivity index (χ1v) is 9.40. The summed E-state index contributed by atoms with van der Waals surface area (Å²) in [5.41, 5.74) is 0.227. The number of thiazole rings is 1. The number of nitrogens with zero attached hydrogens (tertiary/aromatic N) is 2. The van der Waals surface area contributed by atoms with Gasteiger partial charge in [0.05, 0.1) is 12.3 Å². The summed E-state index contributed by atoms with van der Waals surface area (Å²) >= 11 is 1.38. The molecule has 3 atom stereocenters. The number of aryl methyl sites for hydroxylation is 1. The van der Waals surface area contributed by atoms with Crippen molar-refractivity contribution < 1.29 is 19.1 Å². The molecule has 0 aromatic carbocycles. The van der Waals surface area contributed by atoms with E-state index < -0.39 is 5.60 Å². The maximum Gasteiger partial charge on any atom is 0.407 e. The fourth-order valence-electron chi connectivity index (χ4n) is 3.24. The molecule has 1 aromatic rings. The van der Waals surface area contributed by atoms with Gasteiger partial charge in [-0.05, 0) is 34.6 Å². The van der Waals surface area contributed by atoms with Crippen molar-refractivity contribution in [1.82, 2.24) is 10.3 Å². The van der Waals surface area contributed by atoms with Crippen molar-refractivity contribution in [2.45, 2.75) is 46.3 Å². The number of aromatic nitrogens is 1. The summed E-state index contributed by atoms with van der Waals surface area (Å²) in [7, 11) is 0. The quantitative estimate of drug-likeness (QED) is 0.824. The van der Waals surface area contributed by atoms with Crippen LogP contribution in [0.4, 0.5) is 9.93 Å². The Morgan fingerprint density at radius 2 is 1.96 bits per heavy atom. The van der Waals surface area contributed by atoms with Gasteiger partial charge in [0.1, 0.15) is 10.5 Å². The predicted octanol–water partition coefficient (Wildman–Crippen LogP) is 2.59. The molecule has 138 valence electrons. The Hall–Kier alpha value is -1.83. The molecule has 0 spiro atoms. The van der Waals surface area contributed by atoms with E-state index in [2.05, 4.69) is 15.2 Å². The van der Waals surface area contributed by atoms with E-state index in [-0.39, 0.29) is 18.1 Å². The molecule has 1 saturated carbocycles. The Labute approximate surface area is 151 Å². The Morgan fingerprint density at radius 1 is 1.32 bits per heavy atom. The zero-order valence-electron chi connectivity index (χ0n) is 15.3. The fourth-order valence-corrected chi connectivity index (χ4v) is 4.22. The molecule has 1 aromatic heterocycles. The lowest BCUT2D eigenvalue weighted by molar-refractivity contribution is 0.0512. The van der Waals surface area contributed by atoms with E-state index in [1.165, 1.54) is 11.3 Å². The molecule has 1 aliphatic heterocycles. The van der Waals surface area contributed by atoms with Gasteiger partial charge in [-0.1, -0.05) is 11.3 Å². The highest BCUT2D eigenvalue weighted by atomic mass is 32.1. The van der Waals surface area contributed by atoms with Crippen LogP contribution in [0.25, 0.3) is 0 Å². The molecule has 8 heteroatoms. The summed E-state index contributed by atoms with van der Waals surface area (Å²) < 4.78 is 10.4. The SMILES string of the molecule is CCOC(=O)c1sc(N2C[C@@H]3[C@H](C2)[C@@H]3NC(=O)OC(C)(C)C)nc1C. The standard InChI is InChI=1S/C17H25N3O4S/c1-6-23-14(21)13-9(2)18-15(25-13)20-7-10-11(8-20)12(10)19-16(22)24-17(3,4)5/h10-12H,6-8H2,1-5H3,(H,19,22)/t10-,11+,12-. The third-order valence-electron chi connectivity index (χ3n) is 4.39. The molecule has 1 amide bonds. The number of rotatable bonds is 4. The van der Waals surface area contributed by atoms with Crippen molar-refractivity contribution in [2.24, 2.45) is 11.8 Å². The minimum Gasteiger partial charge on any atom is -0.462 e. The Kier molecular flexibility index (Phi) is 4.66. The molecule has 7 nitrogen and oxygen atoms in total. The molecule has 0 unspecified atom stereocenters. The van der Waals surface area contributed by atoms with Crippen LogP contribution >= 0.6 is 11.3 Å². The lowest BCUT2D eigenvalue weighted by atomic mass is 10.2. The third-order valence-corrected chi connectivity index (χ3v) is 5.59. The Balaban J connectivity index is 1.54. The number of nitrogens with one attached hydrogen (secondary N) is 1. The van der Waals surface area contributed by atoms with Crippen molar-refractivity contribution in [3.8, 4) is 0 Å². The highest BCUT2D eigenvalue weighted by Gasteiger charge is 2.57. The Morgan fingerprint density at radius 3 is 2.52 bits per heavy atom. The second-order valence-electron chi connectivity index (χ2n) is 7.54. The van der Waals surface area contributed by atoms with E-state index in [1.54, 1.807) is 6.92 Å². The maximum absolute atomic E-state index is 11.9. The van der Waals surface area contributed by atoms with Crippen LogP contribution in [0.2, 0.25) is 0 Å². The van der Waals surface area contributed by atoms with Crippen molar-refractivity contribution in [2.75, 3.05) is 24.6 Å². The fraction of sp³-hybridized carbons (Fsp3) is 0.706. The number of piperidine rings is 1. The molecular formula is C17H25N3O4S. The van der Waals surface area contributed by atoms with Crippen LogP contribution in [0.1, 0.15) is 43.1 Å². The first-order chi connectivity index (χ1) is 11.7. The average Bonchev–Trinajstić information content (AvgIpc) is 2.88. The van der Waals surface area contributed by atoms with Crippen molar-refractivity contribution in [3.05, 3.63) is 10.6 Å². The largest absolute Gasteiger partial charge is 0.462 e. The van der Waals surface area contributed by atoms with Gasteiger partial charge in [0.25, 0.3) is 0 Å². The zero-order chi connectivity index (χ0) is 18.4. The molecule has 0 bridgehead atoms. The second-order valence-corrected chi connectivity index (χ2v) is 8.51. The van der Waals surface area contributed by atoms with E-state index in [9.17, 15) is 9.59 Å². The minimum atomic E-state index is -0.484. The summed E-state index contributed by atoms with van der Waals surface area (Å²) in [6, 6.07) is 0.177. The van der Waals surface area contributed by atoms with E-state index >= 15 is 0 Å². The van der Waals surface area contributed by atoms with Crippen LogP contribution in [0.5, 0.6) is 0 Å². The number of carbonyl (C=O) groups excluding carboxylic acids is 2. The maximum atomic E-state index is 11.9. The van der Waals surface area contributed by atoms with Crippen LogP contribution in [0, 0.1) is 18.8 Å². The number of amides is 1. The van der Waals surface area contributed by atoms with E-state index in [4.69, 9.17) is 9.47 Å². The zero-order valence-corrected chi connectivity index (χ0v) is 16.1. The number of ether oxygens (including phenoxy) is 2. The van der Waals surface area contributed by atoms with Crippen LogP contribution in [0.3, 0.4) is 0 Å². The van der Waals surface area contributed by atoms with Gasteiger partial charge in [-0.15, -0.1) is 0 Å². The molecule has 1 N–H and O–H groups in total. The molecule has 3 rings (SSSR count). The minimum absolute atomic E-state index is 0.177. The first kappa shape index (κ1) is 18.0. The normalized spacial score (nSPS) is 24.7. The molecule has 2 heterocycles. The second kappa shape index (κ2) is 6.48. The third kappa shape index (κ3) is 3.89. The smallest absolute Gasteiger partial charge is 0.407 e. The molecule has 1 saturated heterocycles. The van der Waals surface area contributed by atoms with E-state index in [0.717, 1.165) is 18.2 Å². The lowest BCUT2D eigenvalue weighted by Crippen LogP contribution is -2.38. The highest BCUT2D eigenvalue weighted by Crippen LogP contribution is 2.47. The molecule has 2 aliphatic rings. The molecule has 1 aliphatic carbocycles. The Bertz CT molecular complexity index is 670. The molecule has 25 heavy (non-hydrogen) atoms. The van der Waals surface area contributed by atoms with Crippen molar-refractivity contribution >= 4 is 28.5 Å². The van der Waals surface area contributed by atoms with E-state index in [0.29, 0.717) is 29.0 Å². The summed E-state index contributed by atoms with van der Waals surface area (Å²) in [5, 5.41) is 3.81. The van der Waals surface area contributed by atoms with Crippen LogP contribution in [-0.2, 0) is 9.47 Å². The van der Waals surface area contributed by atoms with Gasteiger partial charge in [0.15, 0.2) is 5.13 Å². The van der Waals surface area contributed by atoms with Crippen LogP contribution in [-0.4, -0.2) is 48.4 Å². The van der Waals surface area contributed by atoms with Gasteiger partial charge in [-0.25, -0.2) is 14.6 Å². The first-order valence-electron chi connectivity index (χ1n) is 8.58. The monoisotopic (exact) mass is 367 g/mol. The summed E-state index contributed by atoms with van der Waals surface area (Å²) in [6.45, 7) is 11.2. The highest BCUT2D eigenvalue weighted by molar-refractivity contribution is 7.17. The van der Waals surface area contributed by atoms with Gasteiger partial charge >= 0.3 is 12.1 Å². The van der Waals surface area contributed by atoms with Crippen molar-refractivity contribution in [3.63, 3.8) is 0 Å². The summed E-state index contributed by atoms with van der Waals surface area (Å²) in [4.78, 5) is 31.1. The molecular weight excluding hydrogens is 342 g/mol. The molecule has 2 fully saturated rings. The van der Waals surface area contributed by atoms with Gasteiger partial charge in [-0.2, -0.15) is 0 Å². The lowest BCUT2D eigenvalue weighted by Gasteiger charge is -2.22.